The molecule has 4 nitrogen and oxygen atoms in total. The van der Waals surface area contributed by atoms with Gasteiger partial charge in [0.2, 0.25) is 0 Å². The van der Waals surface area contributed by atoms with E-state index in [0.29, 0.717) is 10.8 Å². The van der Waals surface area contributed by atoms with Crippen molar-refractivity contribution in [2.45, 2.75) is 13.0 Å². The van der Waals surface area contributed by atoms with E-state index < -0.39 is 0 Å². The molecule has 0 saturated heterocycles. The highest BCUT2D eigenvalue weighted by Gasteiger charge is 2.13. The van der Waals surface area contributed by atoms with Gasteiger partial charge in [0.15, 0.2) is 6.10 Å². The molecule has 1 aromatic heterocycles. The molecule has 0 radical (unpaired) electrons. The standard InChI is InChI=1S/C16H15ClN2O2/c1-10(21-13-5-3-4-11(17)8-13)16-18-14-7-6-12(20-2)9-15(14)19-16/h3-10H,1-2H3,(H,18,19). The average molecular weight is 303 g/mol. The van der Waals surface area contributed by atoms with E-state index in [4.69, 9.17) is 21.1 Å². The number of fused-ring (bicyclic) bond motifs is 1. The molecule has 1 heterocycles. The zero-order valence-electron chi connectivity index (χ0n) is 11.8. The summed E-state index contributed by atoms with van der Waals surface area (Å²) in [5.41, 5.74) is 1.80. The van der Waals surface area contributed by atoms with Crippen LogP contribution in [0.15, 0.2) is 42.5 Å². The van der Waals surface area contributed by atoms with Crippen LogP contribution in [-0.2, 0) is 0 Å². The third-order valence-corrected chi connectivity index (χ3v) is 3.44. The maximum absolute atomic E-state index is 5.95. The van der Waals surface area contributed by atoms with Gasteiger partial charge in [0, 0.05) is 11.1 Å². The summed E-state index contributed by atoms with van der Waals surface area (Å²) in [4.78, 5) is 7.79. The van der Waals surface area contributed by atoms with Crippen LogP contribution in [0.25, 0.3) is 11.0 Å². The van der Waals surface area contributed by atoms with Gasteiger partial charge in [-0.05, 0) is 37.3 Å². The van der Waals surface area contributed by atoms with Crippen LogP contribution in [0.5, 0.6) is 11.5 Å². The number of nitrogens with one attached hydrogen (secondary N) is 1. The Morgan fingerprint density at radius 1 is 1.14 bits per heavy atom. The number of ether oxygens (including phenoxy) is 2. The van der Waals surface area contributed by atoms with Crippen LogP contribution in [-0.4, -0.2) is 17.1 Å². The molecule has 0 bridgehead atoms. The minimum absolute atomic E-state index is 0.207. The number of hydrogen-bond acceptors (Lipinski definition) is 3. The number of rotatable bonds is 4. The van der Waals surface area contributed by atoms with Crippen molar-refractivity contribution in [1.82, 2.24) is 9.97 Å². The molecule has 0 saturated carbocycles. The molecule has 0 aliphatic rings. The molecule has 1 atom stereocenters. The Bertz CT molecular complexity index is 770. The van der Waals surface area contributed by atoms with E-state index in [1.165, 1.54) is 0 Å². The fourth-order valence-electron chi connectivity index (χ4n) is 2.13. The van der Waals surface area contributed by atoms with E-state index in [1.807, 2.05) is 43.3 Å². The maximum Gasteiger partial charge on any atom is 0.153 e. The molecule has 21 heavy (non-hydrogen) atoms. The highest BCUT2D eigenvalue weighted by molar-refractivity contribution is 6.30. The fourth-order valence-corrected chi connectivity index (χ4v) is 2.31. The van der Waals surface area contributed by atoms with Crippen molar-refractivity contribution in [3.8, 4) is 11.5 Å². The van der Waals surface area contributed by atoms with Gasteiger partial charge >= 0.3 is 0 Å². The van der Waals surface area contributed by atoms with Gasteiger partial charge < -0.3 is 14.5 Å². The number of imidazole rings is 1. The number of methoxy groups -OCH3 is 1. The quantitative estimate of drug-likeness (QED) is 0.778. The third kappa shape index (κ3) is 2.95. The molecule has 0 aliphatic carbocycles. The maximum atomic E-state index is 5.95. The summed E-state index contributed by atoms with van der Waals surface area (Å²) in [6.45, 7) is 1.94. The lowest BCUT2D eigenvalue weighted by Crippen LogP contribution is -2.04. The third-order valence-electron chi connectivity index (χ3n) is 3.20. The van der Waals surface area contributed by atoms with E-state index in [-0.39, 0.29) is 6.10 Å². The second kappa shape index (κ2) is 5.66. The molecular weight excluding hydrogens is 288 g/mol. The van der Waals surface area contributed by atoms with Gasteiger partial charge in [-0.1, -0.05) is 17.7 Å². The van der Waals surface area contributed by atoms with Crippen molar-refractivity contribution >= 4 is 22.6 Å². The van der Waals surface area contributed by atoms with Gasteiger partial charge in [-0.25, -0.2) is 4.98 Å². The Kier molecular flexibility index (Phi) is 3.71. The molecule has 3 aromatic rings. The normalized spacial score (nSPS) is 12.3. The molecule has 0 aliphatic heterocycles. The first-order chi connectivity index (χ1) is 10.2. The lowest BCUT2D eigenvalue weighted by Gasteiger charge is -2.12. The summed E-state index contributed by atoms with van der Waals surface area (Å²) in [6.07, 6.45) is -0.207. The molecule has 0 spiro atoms. The highest BCUT2D eigenvalue weighted by atomic mass is 35.5. The van der Waals surface area contributed by atoms with E-state index in [9.17, 15) is 0 Å². The van der Waals surface area contributed by atoms with Crippen molar-refractivity contribution in [3.05, 3.63) is 53.3 Å². The van der Waals surface area contributed by atoms with Crippen LogP contribution >= 0.6 is 11.6 Å². The minimum Gasteiger partial charge on any atom is -0.497 e. The van der Waals surface area contributed by atoms with Crippen molar-refractivity contribution in [3.63, 3.8) is 0 Å². The van der Waals surface area contributed by atoms with Crippen molar-refractivity contribution in [2.24, 2.45) is 0 Å². The predicted octanol–water partition coefficient (Wildman–Crippen LogP) is 4.36. The van der Waals surface area contributed by atoms with Gasteiger partial charge in [0.05, 0.1) is 18.1 Å². The number of benzene rings is 2. The van der Waals surface area contributed by atoms with Crippen molar-refractivity contribution < 1.29 is 9.47 Å². The Morgan fingerprint density at radius 2 is 2.00 bits per heavy atom. The molecule has 0 fully saturated rings. The minimum atomic E-state index is -0.207. The first-order valence-electron chi connectivity index (χ1n) is 6.61. The van der Waals surface area contributed by atoms with Crippen LogP contribution < -0.4 is 9.47 Å². The van der Waals surface area contributed by atoms with E-state index in [0.717, 1.165) is 22.6 Å². The van der Waals surface area contributed by atoms with E-state index >= 15 is 0 Å². The average Bonchev–Trinajstić information content (AvgIpc) is 2.90. The second-order valence-electron chi connectivity index (χ2n) is 4.72. The van der Waals surface area contributed by atoms with Gasteiger partial charge in [-0.2, -0.15) is 0 Å². The Labute approximate surface area is 127 Å². The Hall–Kier alpha value is -2.20. The molecule has 0 amide bonds. The molecule has 3 rings (SSSR count). The summed E-state index contributed by atoms with van der Waals surface area (Å²) in [7, 11) is 1.64. The second-order valence-corrected chi connectivity index (χ2v) is 5.16. The number of aromatic amines is 1. The van der Waals surface area contributed by atoms with Crippen LogP contribution in [0.3, 0.4) is 0 Å². The zero-order valence-corrected chi connectivity index (χ0v) is 12.5. The highest BCUT2D eigenvalue weighted by Crippen LogP contribution is 2.25. The first kappa shape index (κ1) is 13.8. The Balaban J connectivity index is 1.85. The molecule has 108 valence electrons. The van der Waals surface area contributed by atoms with E-state index in [1.54, 1.807) is 13.2 Å². The monoisotopic (exact) mass is 302 g/mol. The molecule has 1 N–H and O–H groups in total. The van der Waals surface area contributed by atoms with Crippen molar-refractivity contribution in [1.29, 1.82) is 0 Å². The largest absolute Gasteiger partial charge is 0.497 e. The van der Waals surface area contributed by atoms with Crippen LogP contribution in [0.4, 0.5) is 0 Å². The number of H-pyrrole nitrogens is 1. The summed E-state index contributed by atoms with van der Waals surface area (Å²) < 4.78 is 11.1. The van der Waals surface area contributed by atoms with Crippen LogP contribution in [0.1, 0.15) is 18.9 Å². The zero-order chi connectivity index (χ0) is 14.8. The number of halogens is 1. The molecule has 5 heteroatoms. The Morgan fingerprint density at radius 3 is 2.76 bits per heavy atom. The molecule has 2 aromatic carbocycles. The van der Waals surface area contributed by atoms with Crippen LogP contribution in [0.2, 0.25) is 5.02 Å². The van der Waals surface area contributed by atoms with Gasteiger partial charge in [0.25, 0.3) is 0 Å². The first-order valence-corrected chi connectivity index (χ1v) is 6.99. The molecule has 1 unspecified atom stereocenters. The lowest BCUT2D eigenvalue weighted by molar-refractivity contribution is 0.218. The summed E-state index contributed by atoms with van der Waals surface area (Å²) in [5, 5.41) is 0.647. The topological polar surface area (TPSA) is 47.1 Å². The van der Waals surface area contributed by atoms with Gasteiger partial charge in [0.1, 0.15) is 17.3 Å². The number of aromatic nitrogens is 2. The summed E-state index contributed by atoms with van der Waals surface area (Å²) in [6, 6.07) is 13.0. The van der Waals surface area contributed by atoms with Crippen LogP contribution in [0, 0.1) is 0 Å². The SMILES string of the molecule is COc1ccc2nc(C(C)Oc3cccc(Cl)c3)[nH]c2c1. The van der Waals surface area contributed by atoms with Crippen molar-refractivity contribution in [2.75, 3.05) is 7.11 Å². The smallest absolute Gasteiger partial charge is 0.153 e. The van der Waals surface area contributed by atoms with Gasteiger partial charge in [-0.3, -0.25) is 0 Å². The number of hydrogen-bond donors (Lipinski definition) is 1. The van der Waals surface area contributed by atoms with E-state index in [2.05, 4.69) is 9.97 Å². The predicted molar refractivity (Wildman–Crippen MR) is 83.1 cm³/mol. The number of nitrogens with zero attached hydrogens (tertiary/aromatic N) is 1. The summed E-state index contributed by atoms with van der Waals surface area (Å²) >= 11 is 5.95. The molecular formula is C16H15ClN2O2. The van der Waals surface area contributed by atoms with Gasteiger partial charge in [-0.15, -0.1) is 0 Å². The summed E-state index contributed by atoms with van der Waals surface area (Å²) in [5.74, 6) is 2.27. The fraction of sp³-hybridized carbons (Fsp3) is 0.188. The lowest BCUT2D eigenvalue weighted by atomic mass is 10.3.